The van der Waals surface area contributed by atoms with Crippen molar-refractivity contribution in [2.75, 3.05) is 0 Å². The summed E-state index contributed by atoms with van der Waals surface area (Å²) < 4.78 is 0. The third kappa shape index (κ3) is 4.56. The first-order valence-corrected chi connectivity index (χ1v) is 16.9. The van der Waals surface area contributed by atoms with Gasteiger partial charge in [0.1, 0.15) is 0 Å². The van der Waals surface area contributed by atoms with Crippen LogP contribution in [0.2, 0.25) is 0 Å². The third-order valence-electron chi connectivity index (χ3n) is 9.94. The maximum absolute atomic E-state index is 5.18. The van der Waals surface area contributed by atoms with Crippen LogP contribution in [0.15, 0.2) is 176 Å². The molecule has 10 aromatic rings. The van der Waals surface area contributed by atoms with Gasteiger partial charge in [-0.25, -0.2) is 4.98 Å². The van der Waals surface area contributed by atoms with Crippen molar-refractivity contribution in [3.05, 3.63) is 176 Å². The minimum absolute atomic E-state index is 1.01. The molecule has 0 N–H and O–H groups in total. The summed E-state index contributed by atoms with van der Waals surface area (Å²) in [6.07, 6.45) is 7.52. The van der Waals surface area contributed by atoms with Crippen LogP contribution in [0.25, 0.3) is 98.6 Å². The lowest BCUT2D eigenvalue weighted by atomic mass is 9.83. The monoisotopic (exact) mass is 635 g/mol. The first-order chi connectivity index (χ1) is 24.8. The summed E-state index contributed by atoms with van der Waals surface area (Å²) in [6, 6.07) is 54.6. The van der Waals surface area contributed by atoms with Crippen LogP contribution in [-0.2, 0) is 0 Å². The lowest BCUT2D eigenvalue weighted by Gasteiger charge is -2.20. The molecule has 0 aliphatic carbocycles. The second-order valence-corrected chi connectivity index (χ2v) is 12.8. The summed E-state index contributed by atoms with van der Waals surface area (Å²) in [6.45, 7) is 0. The predicted octanol–water partition coefficient (Wildman–Crippen LogP) is 12.3. The fourth-order valence-corrected chi connectivity index (χ4v) is 7.72. The summed E-state index contributed by atoms with van der Waals surface area (Å²) in [5.41, 5.74) is 11.3. The Labute approximate surface area is 289 Å². The van der Waals surface area contributed by atoms with Crippen LogP contribution >= 0.6 is 0 Å². The SMILES string of the molecule is c1cncc(-c2cc(-c3cccnc3)cc(-c3c4ccccc4c(-c4cc5cc6ccccc6nc5c5ccccc45)c4ccccc34)c2)c1. The van der Waals surface area contributed by atoms with Gasteiger partial charge in [-0.2, -0.15) is 0 Å². The average Bonchev–Trinajstić information content (AvgIpc) is 3.19. The third-order valence-corrected chi connectivity index (χ3v) is 9.94. The van der Waals surface area contributed by atoms with Gasteiger partial charge in [0.15, 0.2) is 0 Å². The first kappa shape index (κ1) is 28.3. The van der Waals surface area contributed by atoms with Gasteiger partial charge in [-0.05, 0) is 109 Å². The molecule has 0 spiro atoms. The van der Waals surface area contributed by atoms with Crippen molar-refractivity contribution >= 4 is 54.1 Å². The molecule has 0 saturated carbocycles. The number of fused-ring (bicyclic) bond motifs is 6. The minimum atomic E-state index is 1.01. The normalized spacial score (nSPS) is 11.6. The second-order valence-electron chi connectivity index (χ2n) is 12.8. The quantitative estimate of drug-likeness (QED) is 0.143. The number of para-hydroxylation sites is 1. The zero-order valence-corrected chi connectivity index (χ0v) is 27.1. The molecule has 0 atom stereocenters. The Morgan fingerprint density at radius 3 is 1.46 bits per heavy atom. The van der Waals surface area contributed by atoms with Crippen molar-refractivity contribution in [3.8, 4) is 44.5 Å². The number of hydrogen-bond donors (Lipinski definition) is 0. The van der Waals surface area contributed by atoms with Crippen LogP contribution in [-0.4, -0.2) is 15.0 Å². The van der Waals surface area contributed by atoms with E-state index in [2.05, 4.69) is 149 Å². The van der Waals surface area contributed by atoms with E-state index in [9.17, 15) is 0 Å². The van der Waals surface area contributed by atoms with Crippen LogP contribution < -0.4 is 0 Å². The number of hydrogen-bond acceptors (Lipinski definition) is 3. The Balaban J connectivity index is 1.32. The van der Waals surface area contributed by atoms with E-state index in [0.29, 0.717) is 0 Å². The highest BCUT2D eigenvalue weighted by atomic mass is 14.7. The number of aromatic nitrogens is 3. The van der Waals surface area contributed by atoms with Crippen molar-refractivity contribution < 1.29 is 0 Å². The van der Waals surface area contributed by atoms with E-state index in [1.54, 1.807) is 0 Å². The fraction of sp³-hybridized carbons (Fsp3) is 0. The Morgan fingerprint density at radius 2 is 0.860 bits per heavy atom. The number of rotatable bonds is 4. The summed E-state index contributed by atoms with van der Waals surface area (Å²) in [7, 11) is 0. The zero-order chi connectivity index (χ0) is 33.0. The summed E-state index contributed by atoms with van der Waals surface area (Å²) >= 11 is 0. The molecule has 3 heteroatoms. The van der Waals surface area contributed by atoms with Gasteiger partial charge in [-0.3, -0.25) is 9.97 Å². The fourth-order valence-electron chi connectivity index (χ4n) is 7.72. The molecule has 0 aliphatic rings. The molecular formula is C47H29N3. The Kier molecular flexibility index (Phi) is 6.49. The maximum atomic E-state index is 5.18. The number of pyridine rings is 3. The van der Waals surface area contributed by atoms with Crippen molar-refractivity contribution in [1.82, 2.24) is 15.0 Å². The zero-order valence-electron chi connectivity index (χ0n) is 27.1. The van der Waals surface area contributed by atoms with Gasteiger partial charge in [-0.1, -0.05) is 103 Å². The molecule has 0 bridgehead atoms. The molecule has 0 amide bonds. The molecule has 0 fully saturated rings. The highest BCUT2D eigenvalue weighted by Gasteiger charge is 2.20. The van der Waals surface area contributed by atoms with E-state index < -0.39 is 0 Å². The largest absolute Gasteiger partial charge is 0.264 e. The van der Waals surface area contributed by atoms with Crippen molar-refractivity contribution in [3.63, 3.8) is 0 Å². The van der Waals surface area contributed by atoms with E-state index in [0.717, 1.165) is 55.0 Å². The predicted molar refractivity (Wildman–Crippen MR) is 209 cm³/mol. The molecule has 50 heavy (non-hydrogen) atoms. The molecule has 3 nitrogen and oxygen atoms in total. The van der Waals surface area contributed by atoms with Crippen LogP contribution in [0, 0.1) is 0 Å². The van der Waals surface area contributed by atoms with Gasteiger partial charge in [0.05, 0.1) is 11.0 Å². The van der Waals surface area contributed by atoms with Crippen molar-refractivity contribution in [2.45, 2.75) is 0 Å². The standard InChI is InChI=1S/C47H29N3/c1-8-20-44-30(11-1)23-36-27-43(37-14-2-7-19-42(37)47(36)50-44)46-40-17-5-3-15-38(40)45(39-16-4-6-18-41(39)46)35-25-33(31-12-9-21-48-28-31)24-34(26-35)32-13-10-22-49-29-32/h1-29H. The van der Waals surface area contributed by atoms with E-state index in [1.165, 1.54) is 43.6 Å². The van der Waals surface area contributed by atoms with E-state index in [1.807, 2.05) is 36.9 Å². The van der Waals surface area contributed by atoms with E-state index in [-0.39, 0.29) is 0 Å². The number of nitrogens with zero attached hydrogens (tertiary/aromatic N) is 3. The second kappa shape index (κ2) is 11.5. The topological polar surface area (TPSA) is 38.7 Å². The van der Waals surface area contributed by atoms with E-state index in [4.69, 9.17) is 4.98 Å². The smallest absolute Gasteiger partial charge is 0.0788 e. The Hall–Kier alpha value is -6.71. The molecular weight excluding hydrogens is 607 g/mol. The molecule has 0 saturated heterocycles. The Morgan fingerprint density at radius 1 is 0.340 bits per heavy atom. The van der Waals surface area contributed by atoms with Gasteiger partial charge >= 0.3 is 0 Å². The molecule has 7 aromatic carbocycles. The highest BCUT2D eigenvalue weighted by Crippen LogP contribution is 2.47. The average molecular weight is 636 g/mol. The van der Waals surface area contributed by atoms with Gasteiger partial charge in [-0.15, -0.1) is 0 Å². The minimum Gasteiger partial charge on any atom is -0.264 e. The van der Waals surface area contributed by atoms with Crippen molar-refractivity contribution in [2.24, 2.45) is 0 Å². The summed E-state index contributed by atoms with van der Waals surface area (Å²) in [5.74, 6) is 0. The van der Waals surface area contributed by atoms with Gasteiger partial charge in [0.25, 0.3) is 0 Å². The number of benzene rings is 7. The van der Waals surface area contributed by atoms with Crippen LogP contribution in [0.4, 0.5) is 0 Å². The molecule has 0 unspecified atom stereocenters. The van der Waals surface area contributed by atoms with Crippen LogP contribution in [0.5, 0.6) is 0 Å². The molecule has 3 aromatic heterocycles. The Bertz CT molecular complexity index is 2800. The highest BCUT2D eigenvalue weighted by molar-refractivity contribution is 6.26. The first-order valence-electron chi connectivity index (χ1n) is 16.9. The lowest BCUT2D eigenvalue weighted by Crippen LogP contribution is -1.94. The maximum Gasteiger partial charge on any atom is 0.0788 e. The summed E-state index contributed by atoms with van der Waals surface area (Å²) in [4.78, 5) is 14.1. The molecule has 0 aliphatic heterocycles. The molecule has 10 rings (SSSR count). The van der Waals surface area contributed by atoms with Crippen molar-refractivity contribution in [1.29, 1.82) is 0 Å². The molecule has 0 radical (unpaired) electrons. The molecule has 3 heterocycles. The van der Waals surface area contributed by atoms with Crippen LogP contribution in [0.1, 0.15) is 0 Å². The summed E-state index contributed by atoms with van der Waals surface area (Å²) in [5, 5.41) is 9.49. The molecule has 232 valence electrons. The van der Waals surface area contributed by atoms with Crippen LogP contribution in [0.3, 0.4) is 0 Å². The van der Waals surface area contributed by atoms with Gasteiger partial charge < -0.3 is 0 Å². The van der Waals surface area contributed by atoms with Gasteiger partial charge in [0, 0.05) is 52.1 Å². The van der Waals surface area contributed by atoms with E-state index >= 15 is 0 Å². The lowest BCUT2D eigenvalue weighted by molar-refractivity contribution is 1.32. The van der Waals surface area contributed by atoms with Gasteiger partial charge in [0.2, 0.25) is 0 Å².